The van der Waals surface area contributed by atoms with Crippen molar-refractivity contribution in [3.63, 3.8) is 0 Å². The maximum Gasteiger partial charge on any atom is 0.336 e. The highest BCUT2D eigenvalue weighted by atomic mass is 35.5. The lowest BCUT2D eigenvalue weighted by Crippen LogP contribution is -2.26. The molecule has 0 saturated heterocycles. The van der Waals surface area contributed by atoms with Gasteiger partial charge in [0.15, 0.2) is 0 Å². The molecule has 0 spiro atoms. The highest BCUT2D eigenvalue weighted by Crippen LogP contribution is 2.24. The van der Waals surface area contributed by atoms with E-state index >= 15 is 0 Å². The molecule has 0 heterocycles. The molecule has 7 heteroatoms. The summed E-state index contributed by atoms with van der Waals surface area (Å²) in [6.07, 6.45) is 0.376. The van der Waals surface area contributed by atoms with Crippen LogP contribution in [-0.2, 0) is 10.0 Å². The average molecular weight is 316 g/mol. The molecule has 0 saturated carbocycles. The van der Waals surface area contributed by atoms with Gasteiger partial charge in [-0.05, 0) is 31.5 Å². The fraction of sp³-hybridized carbons (Fsp3) is 0.308. The summed E-state index contributed by atoms with van der Waals surface area (Å²) < 4.78 is 26.6. The summed E-state index contributed by atoms with van der Waals surface area (Å²) in [7, 11) is -3.82. The first-order chi connectivity index (χ1) is 9.29. The zero-order valence-corrected chi connectivity index (χ0v) is 12.6. The van der Waals surface area contributed by atoms with Crippen LogP contribution in [0, 0.1) is 18.8 Å². The van der Waals surface area contributed by atoms with Gasteiger partial charge in [0.05, 0.1) is 10.5 Å². The molecule has 20 heavy (non-hydrogen) atoms. The van der Waals surface area contributed by atoms with Crippen molar-refractivity contribution in [3.8, 4) is 11.8 Å². The second kappa shape index (κ2) is 6.75. The van der Waals surface area contributed by atoms with Gasteiger partial charge in [-0.3, -0.25) is 0 Å². The molecule has 0 atom stereocenters. The Balaban J connectivity index is 3.17. The van der Waals surface area contributed by atoms with E-state index in [0.717, 1.165) is 0 Å². The molecule has 0 bridgehead atoms. The Hall–Kier alpha value is -1.55. The number of nitrogens with one attached hydrogen (secondary N) is 1. The summed E-state index contributed by atoms with van der Waals surface area (Å²) in [6, 6.07) is 2.46. The molecular formula is C13H14ClNO4S. The highest BCUT2D eigenvalue weighted by molar-refractivity contribution is 7.89. The Morgan fingerprint density at radius 2 is 2.10 bits per heavy atom. The van der Waals surface area contributed by atoms with Crippen molar-refractivity contribution in [2.45, 2.75) is 25.2 Å². The molecule has 1 rings (SSSR count). The van der Waals surface area contributed by atoms with Gasteiger partial charge in [-0.2, -0.15) is 0 Å². The van der Waals surface area contributed by atoms with E-state index in [1.54, 1.807) is 6.92 Å². The van der Waals surface area contributed by atoms with E-state index in [1.807, 2.05) is 0 Å². The van der Waals surface area contributed by atoms with Gasteiger partial charge in [-0.1, -0.05) is 11.6 Å². The topological polar surface area (TPSA) is 83.5 Å². The van der Waals surface area contributed by atoms with E-state index in [2.05, 4.69) is 16.6 Å². The van der Waals surface area contributed by atoms with Crippen molar-refractivity contribution in [1.29, 1.82) is 0 Å². The second-order valence-electron chi connectivity index (χ2n) is 3.96. The molecule has 2 N–H and O–H groups in total. The number of hydrogen-bond acceptors (Lipinski definition) is 3. The first kappa shape index (κ1) is 16.5. The first-order valence-electron chi connectivity index (χ1n) is 5.72. The van der Waals surface area contributed by atoms with Crippen molar-refractivity contribution in [1.82, 2.24) is 4.72 Å². The van der Waals surface area contributed by atoms with E-state index < -0.39 is 16.0 Å². The maximum atomic E-state index is 12.1. The smallest absolute Gasteiger partial charge is 0.336 e. The van der Waals surface area contributed by atoms with Crippen LogP contribution in [0.5, 0.6) is 0 Å². The molecule has 108 valence electrons. The third-order valence-corrected chi connectivity index (χ3v) is 4.37. The Labute approximate surface area is 123 Å². The van der Waals surface area contributed by atoms with Crippen LogP contribution in [-0.4, -0.2) is 26.0 Å². The number of aromatic carboxylic acids is 1. The first-order valence-corrected chi connectivity index (χ1v) is 7.58. The summed E-state index contributed by atoms with van der Waals surface area (Å²) in [6.45, 7) is 3.24. The van der Waals surface area contributed by atoms with E-state index in [1.165, 1.54) is 19.1 Å². The lowest BCUT2D eigenvalue weighted by Gasteiger charge is -2.11. The molecule has 0 radical (unpaired) electrons. The quantitative estimate of drug-likeness (QED) is 0.643. The van der Waals surface area contributed by atoms with Crippen molar-refractivity contribution in [3.05, 3.63) is 28.3 Å². The fourth-order valence-electron chi connectivity index (χ4n) is 1.61. The van der Waals surface area contributed by atoms with E-state index in [9.17, 15) is 13.2 Å². The second-order valence-corrected chi connectivity index (χ2v) is 6.13. The minimum Gasteiger partial charge on any atom is -0.478 e. The largest absolute Gasteiger partial charge is 0.478 e. The Morgan fingerprint density at radius 3 is 2.65 bits per heavy atom. The van der Waals surface area contributed by atoms with Crippen LogP contribution in [0.1, 0.15) is 29.3 Å². The number of carboxylic acid groups (broad SMARTS) is 1. The van der Waals surface area contributed by atoms with Crippen LogP contribution in [0.2, 0.25) is 5.02 Å². The third-order valence-electron chi connectivity index (χ3n) is 2.56. The van der Waals surface area contributed by atoms with Crippen LogP contribution in [0.25, 0.3) is 0 Å². The molecule has 0 aliphatic rings. The number of carbonyl (C=O) groups is 1. The minimum absolute atomic E-state index is 0.0572. The molecule has 0 aliphatic heterocycles. The summed E-state index contributed by atoms with van der Waals surface area (Å²) in [5.74, 6) is 4.16. The summed E-state index contributed by atoms with van der Waals surface area (Å²) in [5, 5.41) is 9.09. The Kier molecular flexibility index (Phi) is 5.57. The number of benzene rings is 1. The number of halogens is 1. The molecule has 0 aliphatic carbocycles. The van der Waals surface area contributed by atoms with Crippen LogP contribution < -0.4 is 4.72 Å². The Bertz CT molecular complexity index is 686. The van der Waals surface area contributed by atoms with E-state index in [0.29, 0.717) is 6.42 Å². The monoisotopic (exact) mass is 315 g/mol. The number of sulfonamides is 1. The highest BCUT2D eigenvalue weighted by Gasteiger charge is 2.21. The molecule has 0 fully saturated rings. The SMILES string of the molecule is CC#CCCNS(=O)(=O)c1cc(Cl)cc(C(=O)O)c1C. The van der Waals surface area contributed by atoms with E-state index in [4.69, 9.17) is 16.7 Å². The number of rotatable bonds is 5. The number of carboxylic acids is 1. The van der Waals surface area contributed by atoms with Crippen molar-refractivity contribution in [2.24, 2.45) is 0 Å². The fourth-order valence-corrected chi connectivity index (χ4v) is 3.21. The zero-order chi connectivity index (χ0) is 15.3. The van der Waals surface area contributed by atoms with Gasteiger partial charge in [0, 0.05) is 18.0 Å². The van der Waals surface area contributed by atoms with Crippen LogP contribution in [0.3, 0.4) is 0 Å². The molecular weight excluding hydrogens is 302 g/mol. The lowest BCUT2D eigenvalue weighted by atomic mass is 10.1. The normalized spacial score (nSPS) is 10.8. The number of hydrogen-bond donors (Lipinski definition) is 2. The lowest BCUT2D eigenvalue weighted by molar-refractivity contribution is 0.0696. The Morgan fingerprint density at radius 1 is 1.45 bits per heavy atom. The molecule has 1 aromatic rings. The van der Waals surface area contributed by atoms with Crippen molar-refractivity contribution >= 4 is 27.6 Å². The van der Waals surface area contributed by atoms with Gasteiger partial charge in [0.2, 0.25) is 10.0 Å². The van der Waals surface area contributed by atoms with Crippen molar-refractivity contribution < 1.29 is 18.3 Å². The van der Waals surface area contributed by atoms with Gasteiger partial charge >= 0.3 is 5.97 Å². The van der Waals surface area contributed by atoms with Crippen LogP contribution in [0.15, 0.2) is 17.0 Å². The molecule has 1 aromatic carbocycles. The van der Waals surface area contributed by atoms with Gasteiger partial charge in [0.1, 0.15) is 0 Å². The molecule has 0 amide bonds. The summed E-state index contributed by atoms with van der Waals surface area (Å²) in [5.41, 5.74) is 0.0159. The van der Waals surface area contributed by atoms with Crippen molar-refractivity contribution in [2.75, 3.05) is 6.54 Å². The van der Waals surface area contributed by atoms with Gasteiger partial charge < -0.3 is 5.11 Å². The van der Waals surface area contributed by atoms with Gasteiger partial charge in [-0.15, -0.1) is 11.8 Å². The summed E-state index contributed by atoms with van der Waals surface area (Å²) >= 11 is 5.78. The third kappa shape index (κ3) is 3.97. The van der Waals surface area contributed by atoms with Crippen LogP contribution >= 0.6 is 11.6 Å². The molecule has 0 unspecified atom stereocenters. The van der Waals surface area contributed by atoms with Crippen LogP contribution in [0.4, 0.5) is 0 Å². The minimum atomic E-state index is -3.82. The molecule has 5 nitrogen and oxygen atoms in total. The van der Waals surface area contributed by atoms with Gasteiger partial charge in [-0.25, -0.2) is 17.9 Å². The predicted octanol–water partition coefficient (Wildman–Crippen LogP) is 2.04. The van der Waals surface area contributed by atoms with E-state index in [-0.39, 0.29) is 27.6 Å². The predicted molar refractivity (Wildman–Crippen MR) is 76.4 cm³/mol. The maximum absolute atomic E-state index is 12.1. The standard InChI is InChI=1S/C13H14ClNO4S/c1-3-4-5-6-15-20(18,19)12-8-10(14)7-11(9(12)2)13(16)17/h7-8,15H,5-6H2,1-2H3,(H,16,17). The molecule has 0 aromatic heterocycles. The summed E-state index contributed by atoms with van der Waals surface area (Å²) in [4.78, 5) is 10.9. The average Bonchev–Trinajstić information content (AvgIpc) is 2.36. The zero-order valence-electron chi connectivity index (χ0n) is 11.0. The van der Waals surface area contributed by atoms with Gasteiger partial charge in [0.25, 0.3) is 0 Å².